The molecule has 0 bridgehead atoms. The van der Waals surface area contributed by atoms with E-state index in [1.165, 1.54) is 0 Å². The van der Waals surface area contributed by atoms with Crippen LogP contribution < -0.4 is 15.2 Å². The van der Waals surface area contributed by atoms with Crippen molar-refractivity contribution in [1.29, 1.82) is 0 Å². The molecule has 3 aromatic rings. The molecule has 0 saturated heterocycles. The monoisotopic (exact) mass is 510 g/mol. The van der Waals surface area contributed by atoms with Gasteiger partial charge in [-0.15, -0.1) is 0 Å². The highest BCUT2D eigenvalue weighted by Crippen LogP contribution is 2.25. The molecule has 0 spiro atoms. The molecule has 3 N–H and O–H groups in total. The van der Waals surface area contributed by atoms with Crippen molar-refractivity contribution in [3.8, 4) is 11.5 Å². The molecule has 9 heteroatoms. The Labute approximate surface area is 213 Å². The average Bonchev–Trinajstić information content (AvgIpc) is 2.80. The summed E-state index contributed by atoms with van der Waals surface area (Å²) >= 11 is 0. The van der Waals surface area contributed by atoms with Crippen LogP contribution in [0.25, 0.3) is 0 Å². The Morgan fingerprint density at radius 2 is 1.61 bits per heavy atom. The van der Waals surface area contributed by atoms with Crippen LogP contribution in [0.1, 0.15) is 23.6 Å². The Balaban J connectivity index is 1.52. The summed E-state index contributed by atoms with van der Waals surface area (Å²) in [6, 6.07) is 23.7. The first-order valence-corrected chi connectivity index (χ1v) is 13.6. The van der Waals surface area contributed by atoms with E-state index in [9.17, 15) is 13.2 Å². The topological polar surface area (TPSA) is 105 Å². The largest absolute Gasteiger partial charge is 0.457 e. The molecule has 36 heavy (non-hydrogen) atoms. The first-order valence-electron chi connectivity index (χ1n) is 11.7. The predicted molar refractivity (Wildman–Crippen MR) is 143 cm³/mol. The Hall–Kier alpha value is -3.40. The molecule has 0 aliphatic heterocycles. The smallest absolute Gasteiger partial charge is 0.239 e. The van der Waals surface area contributed by atoms with Crippen molar-refractivity contribution in [3.05, 3.63) is 90.0 Å². The number of hydrogen-bond donors (Lipinski definition) is 2. The number of sulfonamides is 1. The minimum Gasteiger partial charge on any atom is -0.457 e. The summed E-state index contributed by atoms with van der Waals surface area (Å²) < 4.78 is 31.3. The summed E-state index contributed by atoms with van der Waals surface area (Å²) in [4.78, 5) is 16.4. The van der Waals surface area contributed by atoms with Crippen molar-refractivity contribution < 1.29 is 17.9 Å². The molecule has 8 nitrogen and oxygen atoms in total. The maximum absolute atomic E-state index is 12.3. The molecule has 0 aliphatic rings. The molecule has 0 radical (unpaired) electrons. The molecule has 192 valence electrons. The zero-order chi connectivity index (χ0) is 26.1. The maximum atomic E-state index is 12.3. The summed E-state index contributed by atoms with van der Waals surface area (Å²) in [5, 5.41) is 0. The van der Waals surface area contributed by atoms with Gasteiger partial charge >= 0.3 is 0 Å². The van der Waals surface area contributed by atoms with E-state index in [-0.39, 0.29) is 0 Å². The summed E-state index contributed by atoms with van der Waals surface area (Å²) in [5.41, 5.74) is 8.12. The lowest BCUT2D eigenvalue weighted by Gasteiger charge is -2.27. The lowest BCUT2D eigenvalue weighted by molar-refractivity contribution is -0.123. The van der Waals surface area contributed by atoms with Crippen LogP contribution in [0.3, 0.4) is 0 Å². The minimum atomic E-state index is -3.31. The molecule has 1 amide bonds. The van der Waals surface area contributed by atoms with E-state index in [0.29, 0.717) is 24.5 Å². The number of ether oxygens (including phenoxy) is 1. The molecular formula is C27H34N4O4S. The van der Waals surface area contributed by atoms with Crippen LogP contribution in [0.2, 0.25) is 0 Å². The lowest BCUT2D eigenvalue weighted by atomic mass is 10.0. The van der Waals surface area contributed by atoms with Gasteiger partial charge in [0.1, 0.15) is 17.5 Å². The highest BCUT2D eigenvalue weighted by Gasteiger charge is 2.22. The number of amides is 1. The third kappa shape index (κ3) is 8.67. The van der Waals surface area contributed by atoms with Crippen LogP contribution in [0.15, 0.2) is 78.9 Å². The number of nitrogens with one attached hydrogen (secondary N) is 1. The molecule has 0 fully saturated rings. The van der Waals surface area contributed by atoms with E-state index in [1.807, 2.05) is 91.8 Å². The molecular weight excluding hydrogens is 476 g/mol. The van der Waals surface area contributed by atoms with Crippen LogP contribution >= 0.6 is 0 Å². The van der Waals surface area contributed by atoms with Crippen molar-refractivity contribution in [2.24, 2.45) is 5.73 Å². The summed E-state index contributed by atoms with van der Waals surface area (Å²) in [7, 11) is 0.586. The fraction of sp³-hybridized carbons (Fsp3) is 0.296. The fourth-order valence-electron chi connectivity index (χ4n) is 4.04. The van der Waals surface area contributed by atoms with Gasteiger partial charge in [-0.05, 0) is 74.6 Å². The van der Waals surface area contributed by atoms with E-state index in [1.54, 1.807) is 6.07 Å². The molecule has 0 heterocycles. The molecule has 0 aromatic heterocycles. The van der Waals surface area contributed by atoms with Gasteiger partial charge in [0.05, 0.1) is 6.26 Å². The lowest BCUT2D eigenvalue weighted by Crippen LogP contribution is -2.36. The van der Waals surface area contributed by atoms with Crippen molar-refractivity contribution in [2.45, 2.75) is 19.0 Å². The number of nitrogens with zero attached hydrogens (tertiary/aromatic N) is 2. The standard InChI is InChI=1S/C27H34N4O4S/c1-30(20-21-9-7-10-23(19-21)29-36(3,33)34)17-8-18-31(2)26(27(28)32)22-13-15-25(16-14-22)35-24-11-5-4-6-12-24/h4-7,9-16,19,26,29H,8,17-18,20H2,1-3H3,(H2,28,32). The summed E-state index contributed by atoms with van der Waals surface area (Å²) in [6.45, 7) is 2.14. The van der Waals surface area contributed by atoms with Crippen molar-refractivity contribution in [1.82, 2.24) is 9.80 Å². The number of carbonyl (C=O) groups is 1. The zero-order valence-corrected chi connectivity index (χ0v) is 21.7. The van der Waals surface area contributed by atoms with E-state index in [4.69, 9.17) is 10.5 Å². The van der Waals surface area contributed by atoms with E-state index in [2.05, 4.69) is 9.62 Å². The molecule has 0 saturated carbocycles. The summed E-state index contributed by atoms with van der Waals surface area (Å²) in [5.74, 6) is 1.03. The zero-order valence-electron chi connectivity index (χ0n) is 20.9. The summed E-state index contributed by atoms with van der Waals surface area (Å²) in [6.07, 6.45) is 1.96. The van der Waals surface area contributed by atoms with Crippen LogP contribution in [-0.4, -0.2) is 57.6 Å². The van der Waals surface area contributed by atoms with Crippen LogP contribution in [0.5, 0.6) is 11.5 Å². The number of hydrogen-bond acceptors (Lipinski definition) is 6. The third-order valence-corrected chi connectivity index (χ3v) is 6.22. The number of nitrogens with two attached hydrogens (primary N) is 1. The molecule has 1 unspecified atom stereocenters. The van der Waals surface area contributed by atoms with Gasteiger partial charge in [0.15, 0.2) is 0 Å². The van der Waals surface area contributed by atoms with Gasteiger partial charge in [-0.3, -0.25) is 14.4 Å². The van der Waals surface area contributed by atoms with E-state index < -0.39 is 22.0 Å². The first kappa shape index (κ1) is 27.2. The van der Waals surface area contributed by atoms with Gasteiger partial charge in [-0.25, -0.2) is 8.42 Å². The third-order valence-electron chi connectivity index (χ3n) is 5.62. The van der Waals surface area contributed by atoms with Crippen LogP contribution in [0, 0.1) is 0 Å². The fourth-order valence-corrected chi connectivity index (χ4v) is 4.59. The second kappa shape index (κ2) is 12.5. The number of primary amides is 1. The SMILES string of the molecule is CN(CCCN(C)C(C(N)=O)c1ccc(Oc2ccccc2)cc1)Cc1cccc(NS(C)(=O)=O)c1. The number of benzene rings is 3. The highest BCUT2D eigenvalue weighted by molar-refractivity contribution is 7.92. The van der Waals surface area contributed by atoms with Crippen molar-refractivity contribution in [3.63, 3.8) is 0 Å². The Kier molecular flexibility index (Phi) is 9.46. The predicted octanol–water partition coefficient (Wildman–Crippen LogP) is 3.83. The van der Waals surface area contributed by atoms with E-state index in [0.717, 1.165) is 36.1 Å². The second-order valence-electron chi connectivity index (χ2n) is 8.94. The number of carbonyl (C=O) groups excluding carboxylic acids is 1. The molecule has 0 aliphatic carbocycles. The number of likely N-dealkylation sites (N-methyl/N-ethyl adjacent to an activating group) is 1. The quantitative estimate of drug-likeness (QED) is 0.362. The Morgan fingerprint density at radius 1 is 0.944 bits per heavy atom. The molecule has 1 atom stereocenters. The number of anilines is 1. The molecule has 3 aromatic carbocycles. The second-order valence-corrected chi connectivity index (χ2v) is 10.7. The van der Waals surface area contributed by atoms with Gasteiger partial charge in [0.25, 0.3) is 0 Å². The van der Waals surface area contributed by atoms with Crippen molar-refractivity contribution >= 4 is 21.6 Å². The normalized spacial score (nSPS) is 12.5. The maximum Gasteiger partial charge on any atom is 0.239 e. The number of para-hydroxylation sites is 1. The van der Waals surface area contributed by atoms with Crippen LogP contribution in [0.4, 0.5) is 5.69 Å². The van der Waals surface area contributed by atoms with Gasteiger partial charge in [0, 0.05) is 18.8 Å². The van der Waals surface area contributed by atoms with Gasteiger partial charge in [-0.2, -0.15) is 0 Å². The average molecular weight is 511 g/mol. The van der Waals surface area contributed by atoms with Gasteiger partial charge < -0.3 is 15.4 Å². The van der Waals surface area contributed by atoms with Crippen molar-refractivity contribution in [2.75, 3.05) is 38.2 Å². The first-order chi connectivity index (χ1) is 17.1. The van der Waals surface area contributed by atoms with Gasteiger partial charge in [0.2, 0.25) is 15.9 Å². The number of rotatable bonds is 13. The Bertz CT molecular complexity index is 1230. The highest BCUT2D eigenvalue weighted by atomic mass is 32.2. The Morgan fingerprint density at radius 3 is 2.25 bits per heavy atom. The minimum absolute atomic E-state index is 0.405. The molecule has 3 rings (SSSR count). The van der Waals surface area contributed by atoms with Gasteiger partial charge in [-0.1, -0.05) is 42.5 Å². The van der Waals surface area contributed by atoms with Crippen LogP contribution in [-0.2, 0) is 21.4 Å². The van der Waals surface area contributed by atoms with E-state index >= 15 is 0 Å².